The van der Waals surface area contributed by atoms with Crippen LogP contribution in [-0.2, 0) is 22.4 Å². The van der Waals surface area contributed by atoms with Gasteiger partial charge in [0.2, 0.25) is 5.78 Å². The molecule has 0 unspecified atom stereocenters. The first-order valence-corrected chi connectivity index (χ1v) is 7.25. The minimum absolute atomic E-state index is 0.00577. The summed E-state index contributed by atoms with van der Waals surface area (Å²) in [6, 6.07) is 11.2. The maximum absolute atomic E-state index is 12.3. The predicted octanol–water partition coefficient (Wildman–Crippen LogP) is 3.26. The summed E-state index contributed by atoms with van der Waals surface area (Å²) in [5, 5.41) is 0. The van der Waals surface area contributed by atoms with Crippen LogP contribution in [0.2, 0.25) is 0 Å². The standard InChI is InChI=1S/C16H16O3S/c1-3-11-4-6-12(7-5-11)16(18)14-9-8-13(20-14)10-15(17)19-2/h4-9H,3,10H2,1-2H3. The Morgan fingerprint density at radius 2 is 1.80 bits per heavy atom. The van der Waals surface area contributed by atoms with Crippen LogP contribution in [0.15, 0.2) is 36.4 Å². The third-order valence-corrected chi connectivity index (χ3v) is 4.14. The molecule has 1 heterocycles. The van der Waals surface area contributed by atoms with E-state index >= 15 is 0 Å². The molecular weight excluding hydrogens is 272 g/mol. The molecule has 0 spiro atoms. The predicted molar refractivity (Wildman–Crippen MR) is 79.3 cm³/mol. The van der Waals surface area contributed by atoms with Crippen LogP contribution >= 0.6 is 11.3 Å². The summed E-state index contributed by atoms with van der Waals surface area (Å²) in [4.78, 5) is 25.0. The molecule has 0 bridgehead atoms. The molecule has 1 aromatic carbocycles. The lowest BCUT2D eigenvalue weighted by molar-refractivity contribution is -0.139. The fraction of sp³-hybridized carbons (Fsp3) is 0.250. The Hall–Kier alpha value is -1.94. The highest BCUT2D eigenvalue weighted by atomic mass is 32.1. The molecule has 0 aliphatic rings. The van der Waals surface area contributed by atoms with Crippen molar-refractivity contribution in [2.45, 2.75) is 19.8 Å². The number of carbonyl (C=O) groups is 2. The lowest BCUT2D eigenvalue weighted by Gasteiger charge is -2.00. The summed E-state index contributed by atoms with van der Waals surface area (Å²) < 4.78 is 4.62. The molecule has 0 aliphatic carbocycles. The molecule has 0 saturated heterocycles. The van der Waals surface area contributed by atoms with Crippen molar-refractivity contribution < 1.29 is 14.3 Å². The highest BCUT2D eigenvalue weighted by molar-refractivity contribution is 7.14. The Kier molecular flexibility index (Phi) is 4.69. The Balaban J connectivity index is 2.14. The van der Waals surface area contributed by atoms with E-state index in [9.17, 15) is 9.59 Å². The number of rotatable bonds is 5. The van der Waals surface area contributed by atoms with Gasteiger partial charge in [-0.25, -0.2) is 0 Å². The van der Waals surface area contributed by atoms with Crippen LogP contribution in [0.5, 0.6) is 0 Å². The van der Waals surface area contributed by atoms with Gasteiger partial charge in [0.05, 0.1) is 18.4 Å². The van der Waals surface area contributed by atoms with Crippen LogP contribution in [0.25, 0.3) is 0 Å². The van der Waals surface area contributed by atoms with Crippen molar-refractivity contribution in [2.75, 3.05) is 7.11 Å². The number of thiophene rings is 1. The van der Waals surface area contributed by atoms with Gasteiger partial charge in [0.25, 0.3) is 0 Å². The molecule has 0 aliphatic heterocycles. The number of hydrogen-bond acceptors (Lipinski definition) is 4. The lowest BCUT2D eigenvalue weighted by atomic mass is 10.1. The Morgan fingerprint density at radius 3 is 2.40 bits per heavy atom. The smallest absolute Gasteiger partial charge is 0.310 e. The molecule has 0 saturated carbocycles. The van der Waals surface area contributed by atoms with Gasteiger partial charge in [0, 0.05) is 10.4 Å². The second-order valence-corrected chi connectivity index (χ2v) is 5.57. The van der Waals surface area contributed by atoms with Gasteiger partial charge in [-0.3, -0.25) is 9.59 Å². The quantitative estimate of drug-likeness (QED) is 0.626. The number of benzene rings is 1. The van der Waals surface area contributed by atoms with Gasteiger partial charge in [0.1, 0.15) is 0 Å². The second kappa shape index (κ2) is 6.48. The molecule has 3 nitrogen and oxygen atoms in total. The summed E-state index contributed by atoms with van der Waals surface area (Å²) >= 11 is 1.34. The van der Waals surface area contributed by atoms with Gasteiger partial charge in [-0.05, 0) is 24.1 Å². The van der Waals surface area contributed by atoms with Crippen molar-refractivity contribution in [1.82, 2.24) is 0 Å². The maximum Gasteiger partial charge on any atom is 0.310 e. The van der Waals surface area contributed by atoms with Gasteiger partial charge in [-0.15, -0.1) is 11.3 Å². The number of carbonyl (C=O) groups excluding carboxylic acids is 2. The topological polar surface area (TPSA) is 43.4 Å². The molecule has 104 valence electrons. The van der Waals surface area contributed by atoms with E-state index in [1.54, 1.807) is 12.1 Å². The first kappa shape index (κ1) is 14.5. The largest absolute Gasteiger partial charge is 0.469 e. The van der Waals surface area contributed by atoms with Gasteiger partial charge < -0.3 is 4.74 Å². The lowest BCUT2D eigenvalue weighted by Crippen LogP contribution is -2.02. The minimum atomic E-state index is -0.293. The molecule has 0 atom stereocenters. The van der Waals surface area contributed by atoms with Crippen LogP contribution in [0.1, 0.15) is 32.6 Å². The molecule has 0 N–H and O–H groups in total. The van der Waals surface area contributed by atoms with Crippen molar-refractivity contribution in [1.29, 1.82) is 0 Å². The van der Waals surface area contributed by atoms with E-state index in [0.29, 0.717) is 10.4 Å². The molecule has 0 radical (unpaired) electrons. The van der Waals surface area contributed by atoms with E-state index in [1.165, 1.54) is 24.0 Å². The molecule has 2 aromatic rings. The Morgan fingerprint density at radius 1 is 1.10 bits per heavy atom. The first-order valence-electron chi connectivity index (χ1n) is 6.43. The van der Waals surface area contributed by atoms with Crippen molar-refractivity contribution in [3.63, 3.8) is 0 Å². The Labute approximate surface area is 122 Å². The van der Waals surface area contributed by atoms with Crippen LogP contribution in [0.4, 0.5) is 0 Å². The second-order valence-electron chi connectivity index (χ2n) is 4.40. The molecular formula is C16H16O3S. The zero-order valence-electron chi connectivity index (χ0n) is 11.5. The van der Waals surface area contributed by atoms with Crippen molar-refractivity contribution in [3.8, 4) is 0 Å². The molecule has 20 heavy (non-hydrogen) atoms. The summed E-state index contributed by atoms with van der Waals surface area (Å²) in [7, 11) is 1.36. The normalized spacial score (nSPS) is 10.3. The van der Waals surface area contributed by atoms with E-state index in [4.69, 9.17) is 0 Å². The number of ether oxygens (including phenoxy) is 1. The fourth-order valence-electron chi connectivity index (χ4n) is 1.84. The first-order chi connectivity index (χ1) is 9.63. The zero-order chi connectivity index (χ0) is 14.5. The van der Waals surface area contributed by atoms with Crippen LogP contribution in [-0.4, -0.2) is 18.9 Å². The van der Waals surface area contributed by atoms with E-state index in [-0.39, 0.29) is 18.2 Å². The Bertz CT molecular complexity index is 611. The van der Waals surface area contributed by atoms with Crippen LogP contribution < -0.4 is 0 Å². The van der Waals surface area contributed by atoms with Crippen molar-refractivity contribution >= 4 is 23.1 Å². The zero-order valence-corrected chi connectivity index (χ0v) is 12.3. The number of aryl methyl sites for hydroxylation is 1. The van der Waals surface area contributed by atoms with E-state index in [2.05, 4.69) is 11.7 Å². The summed E-state index contributed by atoms with van der Waals surface area (Å²) in [5.74, 6) is -0.299. The van der Waals surface area contributed by atoms with Gasteiger partial charge in [-0.1, -0.05) is 31.2 Å². The van der Waals surface area contributed by atoms with E-state index < -0.39 is 0 Å². The van der Waals surface area contributed by atoms with E-state index in [1.807, 2.05) is 24.3 Å². The maximum atomic E-state index is 12.3. The van der Waals surface area contributed by atoms with Gasteiger partial charge in [0.15, 0.2) is 0 Å². The molecule has 4 heteroatoms. The van der Waals surface area contributed by atoms with Gasteiger partial charge in [-0.2, -0.15) is 0 Å². The molecule has 1 aromatic heterocycles. The third-order valence-electron chi connectivity index (χ3n) is 3.06. The number of methoxy groups -OCH3 is 1. The summed E-state index contributed by atoms with van der Waals surface area (Å²) in [6.07, 6.45) is 1.17. The fourth-order valence-corrected chi connectivity index (χ4v) is 2.80. The highest BCUT2D eigenvalue weighted by Gasteiger charge is 2.13. The van der Waals surface area contributed by atoms with Crippen LogP contribution in [0, 0.1) is 0 Å². The SMILES string of the molecule is CCc1ccc(C(=O)c2ccc(CC(=O)OC)s2)cc1. The molecule has 0 amide bonds. The van der Waals surface area contributed by atoms with Crippen LogP contribution in [0.3, 0.4) is 0 Å². The number of hydrogen-bond donors (Lipinski definition) is 0. The minimum Gasteiger partial charge on any atom is -0.469 e. The average Bonchev–Trinajstić information content (AvgIpc) is 2.95. The summed E-state index contributed by atoms with van der Waals surface area (Å²) in [5.41, 5.74) is 1.88. The molecule has 0 fully saturated rings. The number of ketones is 1. The summed E-state index contributed by atoms with van der Waals surface area (Å²) in [6.45, 7) is 2.08. The number of esters is 1. The van der Waals surface area contributed by atoms with Gasteiger partial charge >= 0.3 is 5.97 Å². The highest BCUT2D eigenvalue weighted by Crippen LogP contribution is 2.21. The molecule has 2 rings (SSSR count). The van der Waals surface area contributed by atoms with Crippen molar-refractivity contribution in [2.24, 2.45) is 0 Å². The monoisotopic (exact) mass is 288 g/mol. The van der Waals surface area contributed by atoms with Crippen molar-refractivity contribution in [3.05, 3.63) is 57.3 Å². The van der Waals surface area contributed by atoms with E-state index in [0.717, 1.165) is 11.3 Å². The average molecular weight is 288 g/mol. The third kappa shape index (κ3) is 3.33.